The molecule has 2 N–H and O–H groups in total. The number of anilines is 1. The molecule has 27 heavy (non-hydrogen) atoms. The molecule has 0 fully saturated rings. The Hall–Kier alpha value is -2.68. The van der Waals surface area contributed by atoms with E-state index in [4.69, 9.17) is 4.74 Å². The molecular formula is C19H18N2O4S2. The van der Waals surface area contributed by atoms with E-state index < -0.39 is 22.0 Å². The Morgan fingerprint density at radius 2 is 1.70 bits per heavy atom. The van der Waals surface area contributed by atoms with Crippen LogP contribution in [0.5, 0.6) is 5.75 Å². The smallest absolute Gasteiger partial charge is 0.251 e. The van der Waals surface area contributed by atoms with Crippen molar-refractivity contribution in [2.45, 2.75) is 10.3 Å². The van der Waals surface area contributed by atoms with Crippen LogP contribution in [0.25, 0.3) is 0 Å². The molecule has 1 heterocycles. The monoisotopic (exact) mass is 402 g/mol. The van der Waals surface area contributed by atoms with Crippen molar-refractivity contribution in [1.82, 2.24) is 4.72 Å². The third-order valence-corrected chi connectivity index (χ3v) is 6.61. The van der Waals surface area contributed by atoms with Crippen molar-refractivity contribution in [2.75, 3.05) is 12.4 Å². The lowest BCUT2D eigenvalue weighted by Gasteiger charge is -2.19. The molecule has 0 saturated heterocycles. The zero-order chi connectivity index (χ0) is 19.3. The van der Waals surface area contributed by atoms with Gasteiger partial charge in [0.2, 0.25) is 5.91 Å². The van der Waals surface area contributed by atoms with Crippen LogP contribution in [0.2, 0.25) is 0 Å². The van der Waals surface area contributed by atoms with Crippen LogP contribution in [-0.2, 0) is 14.8 Å². The number of para-hydroxylation sites is 2. The maximum Gasteiger partial charge on any atom is 0.251 e. The van der Waals surface area contributed by atoms with Crippen LogP contribution in [0.1, 0.15) is 11.6 Å². The standard InChI is InChI=1S/C19H18N2O4S2/c1-25-16-11-6-5-10-15(16)20-19(22)18(14-8-3-2-4-9-14)21-27(23,24)17-12-7-13-26-17/h2-13,18,21H,1H3,(H,20,22)/t18-/m1/s1. The van der Waals surface area contributed by atoms with E-state index in [2.05, 4.69) is 10.0 Å². The van der Waals surface area contributed by atoms with E-state index in [0.717, 1.165) is 11.3 Å². The van der Waals surface area contributed by atoms with Gasteiger partial charge in [0.05, 0.1) is 12.8 Å². The molecule has 1 atom stereocenters. The first-order valence-electron chi connectivity index (χ1n) is 8.06. The van der Waals surface area contributed by atoms with E-state index in [0.29, 0.717) is 17.0 Å². The number of carbonyl (C=O) groups excluding carboxylic acids is 1. The van der Waals surface area contributed by atoms with Gasteiger partial charge < -0.3 is 10.1 Å². The third kappa shape index (κ3) is 4.54. The van der Waals surface area contributed by atoms with Gasteiger partial charge >= 0.3 is 0 Å². The lowest BCUT2D eigenvalue weighted by Crippen LogP contribution is -2.36. The summed E-state index contributed by atoms with van der Waals surface area (Å²) in [5.74, 6) is -0.0235. The van der Waals surface area contributed by atoms with E-state index in [1.165, 1.54) is 13.2 Å². The highest BCUT2D eigenvalue weighted by Crippen LogP contribution is 2.26. The van der Waals surface area contributed by atoms with Gasteiger partial charge in [0, 0.05) is 0 Å². The van der Waals surface area contributed by atoms with Crippen LogP contribution in [0.4, 0.5) is 5.69 Å². The summed E-state index contributed by atoms with van der Waals surface area (Å²) in [7, 11) is -2.34. The van der Waals surface area contributed by atoms with E-state index in [1.807, 2.05) is 0 Å². The molecule has 0 aliphatic carbocycles. The van der Waals surface area contributed by atoms with Gasteiger partial charge in [-0.2, -0.15) is 4.72 Å². The van der Waals surface area contributed by atoms with Crippen molar-refractivity contribution in [1.29, 1.82) is 0 Å². The molecule has 0 aliphatic rings. The van der Waals surface area contributed by atoms with Crippen molar-refractivity contribution in [3.63, 3.8) is 0 Å². The summed E-state index contributed by atoms with van der Waals surface area (Å²) in [6.07, 6.45) is 0. The van der Waals surface area contributed by atoms with Gasteiger partial charge in [-0.05, 0) is 29.1 Å². The molecule has 0 spiro atoms. The van der Waals surface area contributed by atoms with Gasteiger partial charge in [0.25, 0.3) is 10.0 Å². The number of ether oxygens (including phenoxy) is 1. The molecule has 8 heteroatoms. The maximum atomic E-state index is 12.9. The zero-order valence-electron chi connectivity index (χ0n) is 14.5. The number of amides is 1. The Kier molecular flexibility index (Phi) is 5.90. The first-order valence-corrected chi connectivity index (χ1v) is 10.4. The van der Waals surface area contributed by atoms with E-state index in [-0.39, 0.29) is 4.21 Å². The molecule has 3 aromatic rings. The maximum absolute atomic E-state index is 12.9. The van der Waals surface area contributed by atoms with Crippen molar-refractivity contribution >= 4 is 33.0 Å². The highest BCUT2D eigenvalue weighted by atomic mass is 32.2. The minimum atomic E-state index is -3.84. The molecule has 2 aromatic carbocycles. The Labute approximate surface area is 161 Å². The summed E-state index contributed by atoms with van der Waals surface area (Å²) < 4.78 is 33.2. The molecule has 140 valence electrons. The number of hydrogen-bond donors (Lipinski definition) is 2. The fourth-order valence-electron chi connectivity index (χ4n) is 2.50. The highest BCUT2D eigenvalue weighted by Gasteiger charge is 2.28. The van der Waals surface area contributed by atoms with E-state index >= 15 is 0 Å². The molecule has 0 unspecified atom stereocenters. The molecular weight excluding hydrogens is 384 g/mol. The van der Waals surface area contributed by atoms with Gasteiger partial charge in [0.1, 0.15) is 16.0 Å². The largest absolute Gasteiger partial charge is 0.495 e. The van der Waals surface area contributed by atoms with E-state index in [1.54, 1.807) is 66.0 Å². The number of hydrogen-bond acceptors (Lipinski definition) is 5. The van der Waals surface area contributed by atoms with Crippen LogP contribution >= 0.6 is 11.3 Å². The molecule has 3 rings (SSSR count). The fraction of sp³-hybridized carbons (Fsp3) is 0.105. The van der Waals surface area contributed by atoms with Gasteiger partial charge in [-0.3, -0.25) is 4.79 Å². The Morgan fingerprint density at radius 1 is 1.00 bits per heavy atom. The number of carbonyl (C=O) groups is 1. The van der Waals surface area contributed by atoms with Gasteiger partial charge in [-0.25, -0.2) is 8.42 Å². The van der Waals surface area contributed by atoms with Crippen LogP contribution < -0.4 is 14.8 Å². The SMILES string of the molecule is COc1ccccc1NC(=O)[C@H](NS(=O)(=O)c1cccs1)c1ccccc1. The summed E-state index contributed by atoms with van der Waals surface area (Å²) in [6, 6.07) is 17.7. The van der Waals surface area contributed by atoms with Crippen molar-refractivity contribution in [3.05, 3.63) is 77.7 Å². The van der Waals surface area contributed by atoms with Crippen molar-refractivity contribution in [3.8, 4) is 5.75 Å². The van der Waals surface area contributed by atoms with Crippen LogP contribution in [-0.4, -0.2) is 21.4 Å². The van der Waals surface area contributed by atoms with Crippen molar-refractivity contribution < 1.29 is 17.9 Å². The number of benzene rings is 2. The minimum absolute atomic E-state index is 0.147. The molecule has 0 radical (unpaired) electrons. The zero-order valence-corrected chi connectivity index (χ0v) is 16.1. The second-order valence-corrected chi connectivity index (χ2v) is 8.48. The first kappa shape index (κ1) is 19.1. The number of sulfonamides is 1. The number of thiophene rings is 1. The molecule has 0 saturated carbocycles. The van der Waals surface area contributed by atoms with E-state index in [9.17, 15) is 13.2 Å². The number of nitrogens with one attached hydrogen (secondary N) is 2. The Balaban J connectivity index is 1.92. The molecule has 6 nitrogen and oxygen atoms in total. The lowest BCUT2D eigenvalue weighted by molar-refractivity contribution is -0.117. The first-order chi connectivity index (χ1) is 13.0. The predicted molar refractivity (Wildman–Crippen MR) is 105 cm³/mol. The predicted octanol–water partition coefficient (Wildman–Crippen LogP) is 3.42. The summed E-state index contributed by atoms with van der Waals surface area (Å²) in [6.45, 7) is 0. The van der Waals surface area contributed by atoms with Crippen molar-refractivity contribution in [2.24, 2.45) is 0 Å². The quantitative estimate of drug-likeness (QED) is 0.634. The summed E-state index contributed by atoms with van der Waals surface area (Å²) >= 11 is 1.09. The lowest BCUT2D eigenvalue weighted by atomic mass is 10.1. The summed E-state index contributed by atoms with van der Waals surface area (Å²) in [5.41, 5.74) is 0.992. The summed E-state index contributed by atoms with van der Waals surface area (Å²) in [4.78, 5) is 12.9. The molecule has 1 amide bonds. The topological polar surface area (TPSA) is 84.5 Å². The fourth-order valence-corrected chi connectivity index (χ4v) is 4.69. The Bertz CT molecular complexity index is 1000. The van der Waals surface area contributed by atoms with Crippen LogP contribution in [0.15, 0.2) is 76.3 Å². The minimum Gasteiger partial charge on any atom is -0.495 e. The Morgan fingerprint density at radius 3 is 2.37 bits per heavy atom. The third-order valence-electron chi connectivity index (χ3n) is 3.79. The highest BCUT2D eigenvalue weighted by molar-refractivity contribution is 7.91. The molecule has 0 aliphatic heterocycles. The van der Waals surface area contributed by atoms with Gasteiger partial charge in [0.15, 0.2) is 0 Å². The molecule has 1 aromatic heterocycles. The molecule has 0 bridgehead atoms. The normalized spacial score (nSPS) is 12.3. The summed E-state index contributed by atoms with van der Waals surface area (Å²) in [5, 5.41) is 4.41. The number of rotatable bonds is 7. The average Bonchev–Trinajstić information content (AvgIpc) is 3.23. The van der Waals surface area contributed by atoms with Gasteiger partial charge in [-0.15, -0.1) is 11.3 Å². The average molecular weight is 402 g/mol. The second-order valence-electron chi connectivity index (χ2n) is 5.59. The van der Waals surface area contributed by atoms with Crippen LogP contribution in [0.3, 0.4) is 0 Å². The number of methoxy groups -OCH3 is 1. The second kappa shape index (κ2) is 8.34. The van der Waals surface area contributed by atoms with Crippen LogP contribution in [0, 0.1) is 0 Å². The van der Waals surface area contributed by atoms with Gasteiger partial charge in [-0.1, -0.05) is 48.5 Å².